The minimum absolute atomic E-state index is 0.199. The Hall–Kier alpha value is -3.13. The van der Waals surface area contributed by atoms with Crippen LogP contribution in [0.1, 0.15) is 41.9 Å². The number of fused-ring (bicyclic) bond motifs is 2. The molecule has 0 aromatic heterocycles. The first kappa shape index (κ1) is 19.2. The molecular weight excluding hydrogens is 388 g/mol. The molecule has 2 aliphatic rings. The highest BCUT2D eigenvalue weighted by molar-refractivity contribution is 8.13. The van der Waals surface area contributed by atoms with E-state index in [1.165, 1.54) is 23.9 Å². The molecular formula is C21H20N4O3S. The van der Waals surface area contributed by atoms with E-state index in [9.17, 15) is 9.59 Å². The Kier molecular flexibility index (Phi) is 5.35. The molecule has 8 heteroatoms. The SMILES string of the molecule is CCCCSC1=NN2C(=c3ccccc3=NC2c2ccc(C(=O)O)cc2)C(=O)N1. The number of carboxylic acids is 1. The fourth-order valence-corrected chi connectivity index (χ4v) is 4.16. The van der Waals surface area contributed by atoms with Crippen molar-refractivity contribution in [3.8, 4) is 0 Å². The van der Waals surface area contributed by atoms with Crippen LogP contribution in [0.2, 0.25) is 0 Å². The number of hydrogen-bond acceptors (Lipinski definition) is 6. The lowest BCUT2D eigenvalue weighted by Gasteiger charge is -2.34. The first-order valence-electron chi connectivity index (χ1n) is 9.41. The van der Waals surface area contributed by atoms with Crippen molar-refractivity contribution in [2.24, 2.45) is 10.1 Å². The van der Waals surface area contributed by atoms with E-state index >= 15 is 0 Å². The number of nitrogens with one attached hydrogen (secondary N) is 1. The quantitative estimate of drug-likeness (QED) is 0.739. The molecule has 4 rings (SSSR count). The van der Waals surface area contributed by atoms with Crippen LogP contribution in [0.15, 0.2) is 58.6 Å². The molecule has 0 saturated carbocycles. The van der Waals surface area contributed by atoms with E-state index in [1.807, 2.05) is 24.3 Å². The van der Waals surface area contributed by atoms with Crippen LogP contribution >= 0.6 is 11.8 Å². The summed E-state index contributed by atoms with van der Waals surface area (Å²) in [5.41, 5.74) is 1.41. The van der Waals surface area contributed by atoms with Crippen molar-refractivity contribution in [2.75, 3.05) is 5.75 Å². The predicted molar refractivity (Wildman–Crippen MR) is 112 cm³/mol. The fraction of sp³-hybridized carbons (Fsp3) is 0.238. The zero-order valence-corrected chi connectivity index (χ0v) is 16.6. The molecule has 7 nitrogen and oxygen atoms in total. The first-order valence-corrected chi connectivity index (χ1v) is 10.4. The zero-order valence-electron chi connectivity index (χ0n) is 15.8. The number of amidine groups is 1. The van der Waals surface area contributed by atoms with Crippen LogP contribution in [-0.4, -0.2) is 32.9 Å². The van der Waals surface area contributed by atoms with E-state index in [4.69, 9.17) is 10.1 Å². The highest BCUT2D eigenvalue weighted by Gasteiger charge is 2.34. The Bertz CT molecular complexity index is 1110. The zero-order chi connectivity index (χ0) is 20.4. The molecule has 0 fully saturated rings. The van der Waals surface area contributed by atoms with Crippen LogP contribution in [0.25, 0.3) is 5.70 Å². The van der Waals surface area contributed by atoms with Gasteiger partial charge in [0.2, 0.25) is 0 Å². The molecule has 0 saturated heterocycles. The number of carboxylic acid groups (broad SMARTS) is 1. The van der Waals surface area contributed by atoms with Crippen molar-refractivity contribution >= 4 is 34.5 Å². The van der Waals surface area contributed by atoms with Gasteiger partial charge in [-0.25, -0.2) is 9.80 Å². The number of thioether (sulfide) groups is 1. The Morgan fingerprint density at radius 3 is 2.69 bits per heavy atom. The van der Waals surface area contributed by atoms with Gasteiger partial charge in [-0.1, -0.05) is 55.4 Å². The number of aromatic carboxylic acids is 1. The number of amides is 1. The van der Waals surface area contributed by atoms with Gasteiger partial charge in [-0.2, -0.15) is 0 Å². The smallest absolute Gasteiger partial charge is 0.335 e. The van der Waals surface area contributed by atoms with E-state index in [0.29, 0.717) is 16.2 Å². The molecule has 148 valence electrons. The Balaban J connectivity index is 1.81. The van der Waals surface area contributed by atoms with Crippen LogP contribution in [0.3, 0.4) is 0 Å². The maximum Gasteiger partial charge on any atom is 0.335 e. The Morgan fingerprint density at radius 2 is 1.97 bits per heavy atom. The van der Waals surface area contributed by atoms with Crippen molar-refractivity contribution in [1.29, 1.82) is 0 Å². The average Bonchev–Trinajstić information content (AvgIpc) is 2.73. The summed E-state index contributed by atoms with van der Waals surface area (Å²) in [5.74, 6) is -0.335. The molecule has 1 amide bonds. The van der Waals surface area contributed by atoms with Crippen LogP contribution in [0.4, 0.5) is 0 Å². The number of benzene rings is 2. The van der Waals surface area contributed by atoms with Gasteiger partial charge in [-0.3, -0.25) is 15.1 Å². The largest absolute Gasteiger partial charge is 0.478 e. The van der Waals surface area contributed by atoms with E-state index in [0.717, 1.165) is 29.4 Å². The van der Waals surface area contributed by atoms with Gasteiger partial charge < -0.3 is 5.11 Å². The summed E-state index contributed by atoms with van der Waals surface area (Å²) >= 11 is 1.51. The maximum absolute atomic E-state index is 13.0. The lowest BCUT2D eigenvalue weighted by molar-refractivity contribution is -0.116. The molecule has 0 radical (unpaired) electrons. The van der Waals surface area contributed by atoms with Gasteiger partial charge in [0, 0.05) is 11.0 Å². The van der Waals surface area contributed by atoms with Crippen LogP contribution < -0.4 is 15.9 Å². The number of hydrogen-bond donors (Lipinski definition) is 2. The van der Waals surface area contributed by atoms with Crippen LogP contribution in [0, 0.1) is 0 Å². The summed E-state index contributed by atoms with van der Waals surface area (Å²) in [6.45, 7) is 2.12. The number of unbranched alkanes of at least 4 members (excludes halogenated alkanes) is 1. The van der Waals surface area contributed by atoms with E-state index in [-0.39, 0.29) is 11.5 Å². The van der Waals surface area contributed by atoms with Crippen molar-refractivity contribution < 1.29 is 14.7 Å². The average molecular weight is 408 g/mol. The summed E-state index contributed by atoms with van der Waals surface area (Å²) in [6.07, 6.45) is 1.55. The van der Waals surface area contributed by atoms with Gasteiger partial charge in [0.05, 0.1) is 10.9 Å². The summed E-state index contributed by atoms with van der Waals surface area (Å²) in [4.78, 5) is 28.9. The lowest BCUT2D eigenvalue weighted by atomic mass is 10.1. The van der Waals surface area contributed by atoms with Gasteiger partial charge in [-0.05, 0) is 30.2 Å². The second-order valence-electron chi connectivity index (χ2n) is 6.70. The summed E-state index contributed by atoms with van der Waals surface area (Å²) in [7, 11) is 0. The van der Waals surface area contributed by atoms with Gasteiger partial charge in [-0.15, -0.1) is 5.10 Å². The molecule has 2 aromatic rings. The molecule has 1 unspecified atom stereocenters. The van der Waals surface area contributed by atoms with Crippen molar-refractivity contribution in [2.45, 2.75) is 25.9 Å². The Morgan fingerprint density at radius 1 is 1.21 bits per heavy atom. The Labute approximate surface area is 171 Å². The maximum atomic E-state index is 13.0. The van der Waals surface area contributed by atoms with Gasteiger partial charge in [0.1, 0.15) is 5.70 Å². The number of hydrazone groups is 1. The number of para-hydroxylation sites is 1. The second-order valence-corrected chi connectivity index (χ2v) is 7.79. The molecule has 0 spiro atoms. The minimum atomic E-state index is -0.986. The van der Waals surface area contributed by atoms with E-state index in [1.54, 1.807) is 17.1 Å². The molecule has 2 aliphatic heterocycles. The highest BCUT2D eigenvalue weighted by atomic mass is 32.2. The summed E-state index contributed by atoms with van der Waals surface area (Å²) in [6, 6.07) is 14.0. The minimum Gasteiger partial charge on any atom is -0.478 e. The van der Waals surface area contributed by atoms with E-state index < -0.39 is 12.1 Å². The summed E-state index contributed by atoms with van der Waals surface area (Å²) in [5, 5.41) is 20.3. The first-order chi connectivity index (χ1) is 14.1. The number of carbonyl (C=O) groups is 2. The second kappa shape index (κ2) is 8.08. The van der Waals surface area contributed by atoms with Gasteiger partial charge in [0.15, 0.2) is 11.3 Å². The lowest BCUT2D eigenvalue weighted by Crippen LogP contribution is -2.50. The van der Waals surface area contributed by atoms with Crippen LogP contribution in [0.5, 0.6) is 0 Å². The number of rotatable bonds is 5. The molecule has 29 heavy (non-hydrogen) atoms. The highest BCUT2D eigenvalue weighted by Crippen LogP contribution is 2.30. The number of carbonyl (C=O) groups excluding carboxylic acids is 1. The van der Waals surface area contributed by atoms with Gasteiger partial charge >= 0.3 is 5.97 Å². The molecule has 2 aromatic carbocycles. The molecule has 1 atom stereocenters. The predicted octanol–water partition coefficient (Wildman–Crippen LogP) is 2.06. The van der Waals surface area contributed by atoms with Gasteiger partial charge in [0.25, 0.3) is 5.91 Å². The molecule has 2 heterocycles. The number of nitrogens with zero attached hydrogens (tertiary/aromatic N) is 3. The normalized spacial score (nSPS) is 17.6. The van der Waals surface area contributed by atoms with Crippen molar-refractivity contribution in [3.05, 3.63) is 70.2 Å². The van der Waals surface area contributed by atoms with Crippen LogP contribution in [-0.2, 0) is 4.79 Å². The standard InChI is InChI=1S/C21H20N4O3S/c1-2-3-12-29-21-23-19(26)17-15-6-4-5-7-16(15)22-18(25(17)24-21)13-8-10-14(11-9-13)20(27)28/h4-11,18H,2-3,12H2,1H3,(H,27,28)(H,23,24,26). The fourth-order valence-electron chi connectivity index (χ4n) is 3.22. The van der Waals surface area contributed by atoms with Crippen molar-refractivity contribution in [1.82, 2.24) is 10.3 Å². The van der Waals surface area contributed by atoms with E-state index in [2.05, 4.69) is 17.3 Å². The molecule has 0 bridgehead atoms. The third-order valence-corrected chi connectivity index (χ3v) is 5.66. The topological polar surface area (TPSA) is 94.4 Å². The summed E-state index contributed by atoms with van der Waals surface area (Å²) < 4.78 is 0. The third kappa shape index (κ3) is 3.75. The van der Waals surface area contributed by atoms with Crippen molar-refractivity contribution in [3.63, 3.8) is 0 Å². The molecule has 2 N–H and O–H groups in total. The monoisotopic (exact) mass is 408 g/mol. The molecule has 0 aliphatic carbocycles. The third-order valence-electron chi connectivity index (χ3n) is 4.71.